The van der Waals surface area contributed by atoms with Gasteiger partial charge in [-0.25, -0.2) is 0 Å². The van der Waals surface area contributed by atoms with E-state index >= 15 is 0 Å². The van der Waals surface area contributed by atoms with Crippen LogP contribution in [0.3, 0.4) is 0 Å². The summed E-state index contributed by atoms with van der Waals surface area (Å²) in [7, 11) is 0. The summed E-state index contributed by atoms with van der Waals surface area (Å²) in [5, 5.41) is 57.2. The first-order valence-corrected chi connectivity index (χ1v) is 35.9. The molecule has 0 aromatic rings. The molecular weight excluding hydrogens is 1070 g/mol. The zero-order valence-corrected chi connectivity index (χ0v) is 55.4. The molecule has 0 aliphatic carbocycles. The highest BCUT2D eigenvalue weighted by Gasteiger charge is 2.47. The number of rotatable bonds is 61. The van der Waals surface area contributed by atoms with Crippen molar-refractivity contribution >= 4 is 11.9 Å². The van der Waals surface area contributed by atoms with E-state index in [1.807, 2.05) is 6.08 Å². The number of amides is 1. The Morgan fingerprint density at radius 3 is 1.26 bits per heavy atom. The van der Waals surface area contributed by atoms with Gasteiger partial charge in [0.1, 0.15) is 24.4 Å². The Morgan fingerprint density at radius 2 is 0.837 bits per heavy atom. The molecule has 1 heterocycles. The molecule has 0 aromatic heterocycles. The number of allylic oxidation sites excluding steroid dienone is 13. The van der Waals surface area contributed by atoms with Crippen LogP contribution >= 0.6 is 0 Å². The molecule has 0 aromatic carbocycles. The SMILES string of the molecule is CC/C=C\C/C=C\C/C=C\C/C=C\C/C=C\C/C=C\CCCCC(=O)OC1C(OCC(NC(=O)C(O)CCCCCCCCCCCCCCCCCCCCCCCCCC)C(O)/C=C/CCCCCCCCCCCC)OC(CO)C(O)C1O. The minimum Gasteiger partial charge on any atom is -0.454 e. The highest BCUT2D eigenvalue weighted by Crippen LogP contribution is 2.26. The van der Waals surface area contributed by atoms with Gasteiger partial charge in [-0.2, -0.15) is 0 Å². The average Bonchev–Trinajstić information content (AvgIpc) is 3.38. The number of carbonyl (C=O) groups excluding carboxylic acids is 2. The standard InChI is InChI=1S/C75H133NO10/c1-4-7-10-13-16-19-22-25-27-29-31-33-34-35-37-38-40-42-44-47-50-53-56-59-62-68(79)74(83)76-66(67(78)61-58-55-52-49-46-24-21-18-15-12-9-6-3)65-84-75-73(72(82)71(81)69(64-77)85-75)86-70(80)63-60-57-54-51-48-45-43-41-39-36-32-30-28-26-23-20-17-14-11-8-5-2/h8,11,17,20,26,28,32,36,41,43,48,51,58,61,66-69,71-73,75,77-79,81-82H,4-7,9-10,12-16,18-19,21-25,27,29-31,33-35,37-40,42,44-47,49-50,52-57,59-60,62-65H2,1-3H3,(H,76,83)/b11-8-,20-17-,28-26-,36-32-,43-41-,51-48-,61-58+. The van der Waals surface area contributed by atoms with E-state index in [0.717, 1.165) is 89.9 Å². The first-order chi connectivity index (χ1) is 42.2. The van der Waals surface area contributed by atoms with Gasteiger partial charge in [-0.15, -0.1) is 0 Å². The lowest BCUT2D eigenvalue weighted by atomic mass is 9.99. The van der Waals surface area contributed by atoms with E-state index in [0.29, 0.717) is 12.8 Å². The number of esters is 1. The molecule has 0 radical (unpaired) electrons. The number of aliphatic hydroxyl groups excluding tert-OH is 5. The van der Waals surface area contributed by atoms with E-state index in [9.17, 15) is 35.1 Å². The molecule has 1 fully saturated rings. The first kappa shape index (κ1) is 80.9. The molecule has 1 saturated heterocycles. The molecule has 8 atom stereocenters. The lowest BCUT2D eigenvalue weighted by molar-refractivity contribution is -0.305. The van der Waals surface area contributed by atoms with Crippen LogP contribution in [-0.4, -0.2) is 99.6 Å². The zero-order valence-electron chi connectivity index (χ0n) is 55.4. The van der Waals surface area contributed by atoms with Gasteiger partial charge < -0.3 is 45.1 Å². The van der Waals surface area contributed by atoms with Gasteiger partial charge >= 0.3 is 5.97 Å². The Bertz CT molecular complexity index is 1720. The summed E-state index contributed by atoms with van der Waals surface area (Å²) in [5.74, 6) is -1.23. The summed E-state index contributed by atoms with van der Waals surface area (Å²) >= 11 is 0. The van der Waals surface area contributed by atoms with Crippen molar-refractivity contribution < 1.29 is 49.3 Å². The van der Waals surface area contributed by atoms with Crippen molar-refractivity contribution in [2.45, 2.75) is 365 Å². The predicted molar refractivity (Wildman–Crippen MR) is 361 cm³/mol. The number of aliphatic hydroxyl groups is 5. The monoisotopic (exact) mass is 1210 g/mol. The maximum absolute atomic E-state index is 13.5. The van der Waals surface area contributed by atoms with Crippen molar-refractivity contribution in [3.05, 3.63) is 85.1 Å². The van der Waals surface area contributed by atoms with E-state index in [1.165, 1.54) is 180 Å². The quantitative estimate of drug-likeness (QED) is 0.0195. The molecule has 498 valence electrons. The largest absolute Gasteiger partial charge is 0.454 e. The molecule has 1 rings (SSSR count). The molecule has 0 saturated carbocycles. The number of hydrogen-bond acceptors (Lipinski definition) is 10. The predicted octanol–water partition coefficient (Wildman–Crippen LogP) is 18.5. The third kappa shape index (κ3) is 48.7. The lowest BCUT2D eigenvalue weighted by Crippen LogP contribution is -2.61. The van der Waals surface area contributed by atoms with E-state index in [1.54, 1.807) is 6.08 Å². The lowest BCUT2D eigenvalue weighted by Gasteiger charge is -2.41. The number of nitrogens with one attached hydrogen (secondary N) is 1. The Balaban J connectivity index is 2.59. The summed E-state index contributed by atoms with van der Waals surface area (Å²) in [6.45, 7) is 5.69. The smallest absolute Gasteiger partial charge is 0.306 e. The van der Waals surface area contributed by atoms with Crippen molar-refractivity contribution in [1.29, 1.82) is 0 Å². The van der Waals surface area contributed by atoms with Gasteiger partial charge in [0.05, 0.1) is 25.4 Å². The van der Waals surface area contributed by atoms with Gasteiger partial charge in [-0.1, -0.05) is 318 Å². The van der Waals surface area contributed by atoms with Crippen LogP contribution in [0, 0.1) is 0 Å². The fourth-order valence-electron chi connectivity index (χ4n) is 11.0. The molecule has 0 spiro atoms. The van der Waals surface area contributed by atoms with Crippen molar-refractivity contribution in [3.63, 3.8) is 0 Å². The van der Waals surface area contributed by atoms with Gasteiger partial charge in [-0.3, -0.25) is 9.59 Å². The minimum atomic E-state index is -1.64. The van der Waals surface area contributed by atoms with Crippen molar-refractivity contribution in [1.82, 2.24) is 5.32 Å². The van der Waals surface area contributed by atoms with Crippen LogP contribution in [0.5, 0.6) is 0 Å². The molecular formula is C75H133NO10. The van der Waals surface area contributed by atoms with Crippen LogP contribution in [-0.2, 0) is 23.8 Å². The highest BCUT2D eigenvalue weighted by molar-refractivity contribution is 5.80. The highest BCUT2D eigenvalue weighted by atomic mass is 16.7. The van der Waals surface area contributed by atoms with Gasteiger partial charge in [0, 0.05) is 6.42 Å². The Morgan fingerprint density at radius 1 is 0.465 bits per heavy atom. The topological polar surface area (TPSA) is 175 Å². The zero-order chi connectivity index (χ0) is 62.4. The molecule has 1 amide bonds. The molecule has 1 aliphatic rings. The minimum absolute atomic E-state index is 0.0663. The second kappa shape index (κ2) is 62.1. The van der Waals surface area contributed by atoms with Crippen LogP contribution in [0.4, 0.5) is 0 Å². The molecule has 8 unspecified atom stereocenters. The summed E-state index contributed by atoms with van der Waals surface area (Å²) in [6, 6.07) is -1.04. The number of unbranched alkanes of at least 4 members (excludes halogenated alkanes) is 35. The number of hydrogen-bond donors (Lipinski definition) is 6. The van der Waals surface area contributed by atoms with Gasteiger partial charge in [0.2, 0.25) is 5.91 Å². The van der Waals surface area contributed by atoms with Crippen LogP contribution in [0.15, 0.2) is 85.1 Å². The normalized spacial score (nSPS) is 18.8. The van der Waals surface area contributed by atoms with Crippen LogP contribution in [0.2, 0.25) is 0 Å². The van der Waals surface area contributed by atoms with Gasteiger partial charge in [-0.05, 0) is 77.0 Å². The third-order valence-electron chi connectivity index (χ3n) is 16.6. The van der Waals surface area contributed by atoms with E-state index in [-0.39, 0.29) is 19.4 Å². The van der Waals surface area contributed by atoms with Crippen LogP contribution in [0.25, 0.3) is 0 Å². The summed E-state index contributed by atoms with van der Waals surface area (Å²) in [4.78, 5) is 26.7. The molecule has 11 nitrogen and oxygen atoms in total. The molecule has 86 heavy (non-hydrogen) atoms. The number of carbonyl (C=O) groups is 2. The summed E-state index contributed by atoms with van der Waals surface area (Å²) in [6.07, 6.45) is 72.1. The van der Waals surface area contributed by atoms with Gasteiger partial charge in [0.25, 0.3) is 0 Å². The van der Waals surface area contributed by atoms with Crippen LogP contribution < -0.4 is 5.32 Å². The Hall–Kier alpha value is -3.16. The fraction of sp³-hybridized carbons (Fsp3) is 0.787. The number of ether oxygens (including phenoxy) is 3. The maximum Gasteiger partial charge on any atom is 0.306 e. The van der Waals surface area contributed by atoms with Crippen molar-refractivity contribution in [3.8, 4) is 0 Å². The maximum atomic E-state index is 13.5. The van der Waals surface area contributed by atoms with Crippen molar-refractivity contribution in [2.75, 3.05) is 13.2 Å². The second-order valence-electron chi connectivity index (χ2n) is 24.6. The molecule has 1 aliphatic heterocycles. The van der Waals surface area contributed by atoms with E-state index in [2.05, 4.69) is 99.0 Å². The average molecular weight is 1210 g/mol. The molecule has 11 heteroatoms. The van der Waals surface area contributed by atoms with E-state index < -0.39 is 67.4 Å². The second-order valence-corrected chi connectivity index (χ2v) is 24.6. The first-order valence-electron chi connectivity index (χ1n) is 35.9. The molecule has 6 N–H and O–H groups in total. The summed E-state index contributed by atoms with van der Waals surface area (Å²) < 4.78 is 17.6. The molecule has 0 bridgehead atoms. The third-order valence-corrected chi connectivity index (χ3v) is 16.6. The van der Waals surface area contributed by atoms with Crippen LogP contribution in [0.1, 0.15) is 316 Å². The Kier molecular flexibility index (Phi) is 58.3. The Labute approximate surface area is 527 Å². The van der Waals surface area contributed by atoms with E-state index in [4.69, 9.17) is 14.2 Å². The van der Waals surface area contributed by atoms with Gasteiger partial charge in [0.15, 0.2) is 12.4 Å². The van der Waals surface area contributed by atoms with Crippen molar-refractivity contribution in [2.24, 2.45) is 0 Å². The fourth-order valence-corrected chi connectivity index (χ4v) is 11.0. The summed E-state index contributed by atoms with van der Waals surface area (Å²) in [5.41, 5.74) is 0.